The smallest absolute Gasteiger partial charge is 0.256 e. The summed E-state index contributed by atoms with van der Waals surface area (Å²) >= 11 is 5.96. The van der Waals surface area contributed by atoms with Crippen molar-refractivity contribution in [2.75, 3.05) is 12.4 Å². The Balaban J connectivity index is 2.06. The number of hydrogen-bond acceptors (Lipinski definition) is 2. The lowest BCUT2D eigenvalue weighted by molar-refractivity contribution is -0.110. The molecule has 4 heteroatoms. The van der Waals surface area contributed by atoms with E-state index in [0.717, 1.165) is 16.8 Å². The van der Waals surface area contributed by atoms with E-state index in [9.17, 15) is 4.79 Å². The van der Waals surface area contributed by atoms with Gasteiger partial charge in [-0.15, -0.1) is 0 Å². The van der Waals surface area contributed by atoms with Gasteiger partial charge in [0.15, 0.2) is 0 Å². The molecule has 0 spiro atoms. The van der Waals surface area contributed by atoms with E-state index in [1.54, 1.807) is 13.2 Å². The van der Waals surface area contributed by atoms with Crippen LogP contribution in [0.3, 0.4) is 0 Å². The summed E-state index contributed by atoms with van der Waals surface area (Å²) in [5.41, 5.74) is 3.16. The molecule has 0 saturated carbocycles. The Labute approximate surface area is 121 Å². The highest BCUT2D eigenvalue weighted by Crippen LogP contribution is 2.35. The largest absolute Gasteiger partial charge is 0.497 e. The number of hydrogen-bond donors (Lipinski definition) is 1. The molecule has 3 nitrogen and oxygen atoms in total. The lowest BCUT2D eigenvalue weighted by Crippen LogP contribution is -2.03. The topological polar surface area (TPSA) is 38.3 Å². The van der Waals surface area contributed by atoms with Crippen molar-refractivity contribution in [2.24, 2.45) is 0 Å². The average molecular weight is 286 g/mol. The summed E-state index contributed by atoms with van der Waals surface area (Å²) in [7, 11) is 1.60. The Hall–Kier alpha value is -2.26. The third kappa shape index (κ3) is 2.28. The van der Waals surface area contributed by atoms with E-state index in [2.05, 4.69) is 5.32 Å². The second kappa shape index (κ2) is 5.02. The highest BCUT2D eigenvalue weighted by atomic mass is 35.5. The van der Waals surface area contributed by atoms with Gasteiger partial charge in [0.25, 0.3) is 5.91 Å². The highest BCUT2D eigenvalue weighted by Gasteiger charge is 2.24. The number of anilines is 1. The summed E-state index contributed by atoms with van der Waals surface area (Å²) in [6, 6.07) is 12.9. The minimum absolute atomic E-state index is 0.117. The summed E-state index contributed by atoms with van der Waals surface area (Å²) in [6.45, 7) is 0. The normalized spacial score (nSPS) is 15.1. The van der Waals surface area contributed by atoms with Gasteiger partial charge in [-0.05, 0) is 35.9 Å². The maximum atomic E-state index is 12.1. The van der Waals surface area contributed by atoms with E-state index in [0.29, 0.717) is 16.3 Å². The van der Waals surface area contributed by atoms with E-state index in [1.165, 1.54) is 0 Å². The molecule has 2 aromatic rings. The highest BCUT2D eigenvalue weighted by molar-refractivity contribution is 6.35. The maximum absolute atomic E-state index is 12.1. The molecule has 0 atom stereocenters. The Morgan fingerprint density at radius 2 is 2.05 bits per heavy atom. The van der Waals surface area contributed by atoms with Gasteiger partial charge in [0.2, 0.25) is 0 Å². The van der Waals surface area contributed by atoms with E-state index >= 15 is 0 Å². The van der Waals surface area contributed by atoms with Crippen molar-refractivity contribution in [1.82, 2.24) is 0 Å². The van der Waals surface area contributed by atoms with Crippen molar-refractivity contribution in [3.63, 3.8) is 0 Å². The molecule has 1 amide bonds. The molecule has 0 bridgehead atoms. The summed E-state index contributed by atoms with van der Waals surface area (Å²) in [5.74, 6) is 0.598. The van der Waals surface area contributed by atoms with Crippen LogP contribution in [0.2, 0.25) is 5.02 Å². The second-order valence-corrected chi connectivity index (χ2v) is 4.92. The Morgan fingerprint density at radius 1 is 1.20 bits per heavy atom. The first-order valence-corrected chi connectivity index (χ1v) is 6.52. The summed E-state index contributed by atoms with van der Waals surface area (Å²) in [5, 5.41) is 3.48. The number of benzene rings is 2. The van der Waals surface area contributed by atoms with Crippen LogP contribution in [0.4, 0.5) is 5.69 Å². The molecule has 1 aliphatic rings. The fraction of sp³-hybridized carbons (Fsp3) is 0.0625. The number of carbonyl (C=O) groups excluding carboxylic acids is 1. The lowest BCUT2D eigenvalue weighted by atomic mass is 10.0. The van der Waals surface area contributed by atoms with Gasteiger partial charge in [-0.1, -0.05) is 23.7 Å². The van der Waals surface area contributed by atoms with Crippen molar-refractivity contribution in [3.8, 4) is 5.75 Å². The molecule has 1 aliphatic heterocycles. The predicted octanol–water partition coefficient (Wildman–Crippen LogP) is 3.84. The molecule has 0 saturated heterocycles. The van der Waals surface area contributed by atoms with Gasteiger partial charge in [0.05, 0.1) is 12.8 Å². The van der Waals surface area contributed by atoms with Crippen molar-refractivity contribution in [2.45, 2.75) is 0 Å². The van der Waals surface area contributed by atoms with Crippen molar-refractivity contribution in [3.05, 3.63) is 58.6 Å². The number of carbonyl (C=O) groups is 1. The fourth-order valence-electron chi connectivity index (χ4n) is 2.21. The fourth-order valence-corrected chi connectivity index (χ4v) is 2.41. The Morgan fingerprint density at radius 3 is 2.80 bits per heavy atom. The van der Waals surface area contributed by atoms with Crippen LogP contribution in [0.1, 0.15) is 11.1 Å². The van der Waals surface area contributed by atoms with Crippen LogP contribution in [-0.2, 0) is 4.79 Å². The summed E-state index contributed by atoms with van der Waals surface area (Å²) in [4.78, 5) is 12.1. The van der Waals surface area contributed by atoms with Crippen molar-refractivity contribution in [1.29, 1.82) is 0 Å². The number of halogens is 1. The minimum Gasteiger partial charge on any atom is -0.497 e. The van der Waals surface area contributed by atoms with Crippen LogP contribution in [0.25, 0.3) is 11.6 Å². The van der Waals surface area contributed by atoms with Crippen LogP contribution in [-0.4, -0.2) is 13.0 Å². The van der Waals surface area contributed by atoms with Gasteiger partial charge in [-0.25, -0.2) is 0 Å². The predicted molar refractivity (Wildman–Crippen MR) is 80.9 cm³/mol. The third-order valence-electron chi connectivity index (χ3n) is 3.17. The van der Waals surface area contributed by atoms with E-state index in [4.69, 9.17) is 16.3 Å². The molecule has 0 fully saturated rings. The van der Waals surface area contributed by atoms with E-state index < -0.39 is 0 Å². The summed E-state index contributed by atoms with van der Waals surface area (Å²) < 4.78 is 5.16. The van der Waals surface area contributed by atoms with Gasteiger partial charge < -0.3 is 10.1 Å². The number of nitrogens with one attached hydrogen (secondary N) is 1. The van der Waals surface area contributed by atoms with Crippen LogP contribution in [0.15, 0.2) is 42.5 Å². The molecule has 20 heavy (non-hydrogen) atoms. The number of ether oxygens (including phenoxy) is 1. The van der Waals surface area contributed by atoms with Crippen LogP contribution in [0.5, 0.6) is 5.75 Å². The quantitative estimate of drug-likeness (QED) is 0.851. The zero-order valence-electron chi connectivity index (χ0n) is 10.8. The minimum atomic E-state index is -0.117. The summed E-state index contributed by atoms with van der Waals surface area (Å²) in [6.07, 6.45) is 1.83. The monoisotopic (exact) mass is 285 g/mol. The average Bonchev–Trinajstić information content (AvgIpc) is 2.74. The Kier molecular flexibility index (Phi) is 3.20. The lowest BCUT2D eigenvalue weighted by Gasteiger charge is -2.02. The van der Waals surface area contributed by atoms with Gasteiger partial charge >= 0.3 is 0 Å². The number of methoxy groups -OCH3 is 1. The molecule has 0 aromatic heterocycles. The molecular weight excluding hydrogens is 274 g/mol. The van der Waals surface area contributed by atoms with Gasteiger partial charge in [-0.2, -0.15) is 0 Å². The maximum Gasteiger partial charge on any atom is 0.256 e. The van der Waals surface area contributed by atoms with Gasteiger partial charge in [-0.3, -0.25) is 4.79 Å². The molecule has 0 aliphatic carbocycles. The van der Waals surface area contributed by atoms with E-state index in [1.807, 2.05) is 42.5 Å². The molecule has 0 radical (unpaired) electrons. The number of rotatable bonds is 2. The van der Waals surface area contributed by atoms with Crippen LogP contribution >= 0.6 is 11.6 Å². The number of amides is 1. The van der Waals surface area contributed by atoms with Gasteiger partial charge in [0, 0.05) is 22.2 Å². The zero-order valence-corrected chi connectivity index (χ0v) is 11.6. The van der Waals surface area contributed by atoms with Gasteiger partial charge in [0.1, 0.15) is 5.75 Å². The van der Waals surface area contributed by atoms with E-state index in [-0.39, 0.29) is 5.91 Å². The van der Waals surface area contributed by atoms with Crippen LogP contribution in [0, 0.1) is 0 Å². The number of fused-ring (bicyclic) bond motifs is 1. The molecule has 0 unspecified atom stereocenters. The standard InChI is InChI=1S/C16H12ClNO2/c1-20-12-5-6-13-14(16(19)18-15(13)9-12)8-10-3-2-4-11(17)7-10/h2-9H,1H3,(H,18,19)/b14-8+. The molecule has 3 rings (SSSR count). The molecule has 2 aromatic carbocycles. The first-order valence-electron chi connectivity index (χ1n) is 6.14. The second-order valence-electron chi connectivity index (χ2n) is 4.48. The Bertz CT molecular complexity index is 722. The van der Waals surface area contributed by atoms with Crippen molar-refractivity contribution < 1.29 is 9.53 Å². The SMILES string of the molecule is COc1ccc2c(c1)NC(=O)/C2=C/c1cccc(Cl)c1. The van der Waals surface area contributed by atoms with Crippen LogP contribution < -0.4 is 10.1 Å². The molecule has 1 heterocycles. The molecule has 100 valence electrons. The third-order valence-corrected chi connectivity index (χ3v) is 3.40. The first-order chi connectivity index (χ1) is 9.67. The molecule has 1 N–H and O–H groups in total. The molecular formula is C16H12ClNO2. The van der Waals surface area contributed by atoms with Crippen molar-refractivity contribution >= 4 is 34.8 Å². The first kappa shape index (κ1) is 12.8. The zero-order chi connectivity index (χ0) is 14.1.